The molecular formula is C24H29NO4. The van der Waals surface area contributed by atoms with Gasteiger partial charge < -0.3 is 14.8 Å². The minimum absolute atomic E-state index is 0.0515. The Hall–Kier alpha value is -2.82. The second kappa shape index (κ2) is 9.12. The summed E-state index contributed by atoms with van der Waals surface area (Å²) in [6, 6.07) is 11.9. The summed E-state index contributed by atoms with van der Waals surface area (Å²) in [5.74, 6) is -0.217. The van der Waals surface area contributed by atoms with Crippen LogP contribution in [0.4, 0.5) is 0 Å². The zero-order valence-electron chi connectivity index (χ0n) is 17.6. The van der Waals surface area contributed by atoms with E-state index in [1.165, 1.54) is 5.56 Å². The Balaban J connectivity index is 2.09. The topological polar surface area (TPSA) is 64.6 Å². The molecule has 0 spiro atoms. The maximum atomic E-state index is 12.5. The quantitative estimate of drug-likeness (QED) is 0.702. The molecule has 0 aromatic heterocycles. The number of rotatable bonds is 7. The van der Waals surface area contributed by atoms with Gasteiger partial charge in [-0.25, -0.2) is 4.79 Å². The molecule has 0 aliphatic carbocycles. The molecule has 2 aromatic rings. The third-order valence-corrected chi connectivity index (χ3v) is 5.34. The van der Waals surface area contributed by atoms with E-state index >= 15 is 0 Å². The first kappa shape index (κ1) is 20.9. The Labute approximate surface area is 172 Å². The minimum Gasteiger partial charge on any atom is -0.489 e. The number of hydrogen-bond donors (Lipinski definition) is 1. The summed E-state index contributed by atoms with van der Waals surface area (Å²) in [5, 5.41) is 2.64. The first-order valence-electron chi connectivity index (χ1n) is 10.3. The van der Waals surface area contributed by atoms with Gasteiger partial charge in [0.2, 0.25) is 0 Å². The number of esters is 1. The van der Waals surface area contributed by atoms with Crippen molar-refractivity contribution < 1.29 is 19.1 Å². The Morgan fingerprint density at radius 1 is 1.17 bits per heavy atom. The first-order chi connectivity index (χ1) is 14.0. The van der Waals surface area contributed by atoms with Gasteiger partial charge in [-0.3, -0.25) is 4.79 Å². The van der Waals surface area contributed by atoms with Crippen LogP contribution in [-0.2, 0) is 11.2 Å². The minimum atomic E-state index is -0.435. The average molecular weight is 395 g/mol. The van der Waals surface area contributed by atoms with Crippen LogP contribution in [-0.4, -0.2) is 31.6 Å². The summed E-state index contributed by atoms with van der Waals surface area (Å²) in [6.07, 6.45) is 3.18. The molecule has 1 amide bonds. The third-order valence-electron chi connectivity index (χ3n) is 5.34. The number of hydrogen-bond acceptors (Lipinski definition) is 4. The SMILES string of the molecule is CCCCc1cccc([C@@H]2c3cc(C(=O)OCC)cc(C(=O)NC)c3O[C@@H]2C)c1. The molecule has 1 N–H and O–H groups in total. The largest absolute Gasteiger partial charge is 0.489 e. The molecule has 1 aliphatic heterocycles. The van der Waals surface area contributed by atoms with Gasteiger partial charge in [0, 0.05) is 18.5 Å². The molecule has 154 valence electrons. The lowest BCUT2D eigenvalue weighted by Gasteiger charge is -2.17. The number of ether oxygens (including phenoxy) is 2. The summed E-state index contributed by atoms with van der Waals surface area (Å²) in [7, 11) is 1.57. The summed E-state index contributed by atoms with van der Waals surface area (Å²) in [5.41, 5.74) is 4.01. The van der Waals surface area contributed by atoms with Gasteiger partial charge in [0.25, 0.3) is 5.91 Å². The van der Waals surface area contributed by atoms with Crippen molar-refractivity contribution in [3.05, 3.63) is 64.2 Å². The molecule has 29 heavy (non-hydrogen) atoms. The molecule has 1 heterocycles. The van der Waals surface area contributed by atoms with E-state index in [1.54, 1.807) is 20.0 Å². The van der Waals surface area contributed by atoms with Crippen molar-refractivity contribution in [3.63, 3.8) is 0 Å². The number of benzene rings is 2. The zero-order valence-corrected chi connectivity index (χ0v) is 17.6. The van der Waals surface area contributed by atoms with Gasteiger partial charge >= 0.3 is 5.97 Å². The summed E-state index contributed by atoms with van der Waals surface area (Å²) in [4.78, 5) is 24.9. The maximum absolute atomic E-state index is 12.5. The second-order valence-corrected chi connectivity index (χ2v) is 7.39. The van der Waals surface area contributed by atoms with E-state index in [-0.39, 0.29) is 24.5 Å². The molecular weight excluding hydrogens is 366 g/mol. The van der Waals surface area contributed by atoms with E-state index < -0.39 is 5.97 Å². The fourth-order valence-corrected chi connectivity index (χ4v) is 3.93. The van der Waals surface area contributed by atoms with Gasteiger partial charge in [-0.05, 0) is 49.9 Å². The van der Waals surface area contributed by atoms with Crippen LogP contribution in [0, 0.1) is 0 Å². The highest BCUT2D eigenvalue weighted by Gasteiger charge is 2.36. The van der Waals surface area contributed by atoms with Gasteiger partial charge in [-0.15, -0.1) is 0 Å². The van der Waals surface area contributed by atoms with Crippen molar-refractivity contribution >= 4 is 11.9 Å². The molecule has 1 aliphatic rings. The van der Waals surface area contributed by atoms with Gasteiger partial charge in [0.15, 0.2) is 0 Å². The monoisotopic (exact) mass is 395 g/mol. The van der Waals surface area contributed by atoms with E-state index in [2.05, 4.69) is 36.5 Å². The second-order valence-electron chi connectivity index (χ2n) is 7.39. The van der Waals surface area contributed by atoms with Crippen LogP contribution < -0.4 is 10.1 Å². The number of aryl methyl sites for hydroxylation is 1. The predicted octanol–water partition coefficient (Wildman–Crippen LogP) is 4.48. The smallest absolute Gasteiger partial charge is 0.338 e. The van der Waals surface area contributed by atoms with Crippen LogP contribution in [0.1, 0.15) is 76.9 Å². The molecule has 5 nitrogen and oxygen atoms in total. The Kier molecular flexibility index (Phi) is 6.57. The van der Waals surface area contributed by atoms with Crippen LogP contribution in [0.3, 0.4) is 0 Å². The fourth-order valence-electron chi connectivity index (χ4n) is 3.93. The van der Waals surface area contributed by atoms with E-state index in [4.69, 9.17) is 9.47 Å². The highest BCUT2D eigenvalue weighted by atomic mass is 16.5. The lowest BCUT2D eigenvalue weighted by Crippen LogP contribution is -2.20. The standard InChI is InChI=1S/C24H29NO4/c1-5-7-9-16-10-8-11-17(12-16)21-15(3)29-22-19(21)13-18(24(27)28-6-2)14-20(22)23(26)25-4/h8,10-15,21H,5-7,9H2,1-4H3,(H,25,26)/t15-,21-/m1/s1. The number of carbonyl (C=O) groups is 2. The molecule has 0 saturated heterocycles. The average Bonchev–Trinajstić information content (AvgIpc) is 3.07. The van der Waals surface area contributed by atoms with E-state index in [0.29, 0.717) is 16.9 Å². The Bertz CT molecular complexity index is 906. The van der Waals surface area contributed by atoms with Gasteiger partial charge in [-0.2, -0.15) is 0 Å². The van der Waals surface area contributed by atoms with Crippen LogP contribution in [0.25, 0.3) is 0 Å². The molecule has 0 saturated carbocycles. The normalized spacial score (nSPS) is 17.4. The molecule has 0 fully saturated rings. The summed E-state index contributed by atoms with van der Waals surface area (Å²) >= 11 is 0. The van der Waals surface area contributed by atoms with Crippen molar-refractivity contribution in [1.29, 1.82) is 0 Å². The molecule has 0 unspecified atom stereocenters. The molecule has 0 bridgehead atoms. The molecule has 2 atom stereocenters. The van der Waals surface area contributed by atoms with Crippen LogP contribution in [0.5, 0.6) is 5.75 Å². The highest BCUT2D eigenvalue weighted by molar-refractivity contribution is 6.01. The fraction of sp³-hybridized carbons (Fsp3) is 0.417. The number of unbranched alkanes of at least 4 members (excludes halogenated alkanes) is 1. The van der Waals surface area contributed by atoms with Crippen LogP contribution in [0.15, 0.2) is 36.4 Å². The number of amides is 1. The molecule has 2 aromatic carbocycles. The number of carbonyl (C=O) groups excluding carboxylic acids is 2. The first-order valence-corrected chi connectivity index (χ1v) is 10.3. The van der Waals surface area contributed by atoms with Crippen molar-refractivity contribution in [2.45, 2.75) is 52.1 Å². The number of nitrogens with one attached hydrogen (secondary N) is 1. The van der Waals surface area contributed by atoms with Gasteiger partial charge in [0.1, 0.15) is 11.9 Å². The predicted molar refractivity (Wildman–Crippen MR) is 113 cm³/mol. The van der Waals surface area contributed by atoms with Crippen LogP contribution in [0.2, 0.25) is 0 Å². The lowest BCUT2D eigenvalue weighted by molar-refractivity contribution is 0.0526. The summed E-state index contributed by atoms with van der Waals surface area (Å²) < 4.78 is 11.3. The molecule has 3 rings (SSSR count). The van der Waals surface area contributed by atoms with Gasteiger partial charge in [0.05, 0.1) is 17.7 Å². The summed E-state index contributed by atoms with van der Waals surface area (Å²) in [6.45, 7) is 6.23. The third kappa shape index (κ3) is 4.29. The Morgan fingerprint density at radius 2 is 1.97 bits per heavy atom. The van der Waals surface area contributed by atoms with Crippen molar-refractivity contribution in [3.8, 4) is 5.75 Å². The highest BCUT2D eigenvalue weighted by Crippen LogP contribution is 2.45. The van der Waals surface area contributed by atoms with Crippen molar-refractivity contribution in [1.82, 2.24) is 5.32 Å². The Morgan fingerprint density at radius 3 is 2.66 bits per heavy atom. The number of fused-ring (bicyclic) bond motifs is 1. The van der Waals surface area contributed by atoms with E-state index in [1.807, 2.05) is 13.0 Å². The maximum Gasteiger partial charge on any atom is 0.338 e. The van der Waals surface area contributed by atoms with E-state index in [0.717, 1.165) is 30.4 Å². The lowest BCUT2D eigenvalue weighted by atomic mass is 9.86. The van der Waals surface area contributed by atoms with Crippen molar-refractivity contribution in [2.75, 3.05) is 13.7 Å². The molecule has 0 radical (unpaired) electrons. The van der Waals surface area contributed by atoms with Crippen molar-refractivity contribution in [2.24, 2.45) is 0 Å². The van der Waals surface area contributed by atoms with E-state index in [9.17, 15) is 9.59 Å². The van der Waals surface area contributed by atoms with Crippen LogP contribution >= 0.6 is 0 Å². The van der Waals surface area contributed by atoms with Gasteiger partial charge in [-0.1, -0.05) is 37.6 Å². The zero-order chi connectivity index (χ0) is 21.0. The molecule has 5 heteroatoms.